The third kappa shape index (κ3) is 5.19. The van der Waals surface area contributed by atoms with Crippen molar-refractivity contribution < 1.29 is 31.5 Å². The van der Waals surface area contributed by atoms with E-state index in [0.29, 0.717) is 0 Å². The van der Waals surface area contributed by atoms with Gasteiger partial charge >= 0.3 is 6.36 Å². The molecule has 1 unspecified atom stereocenters. The lowest BCUT2D eigenvalue weighted by Crippen LogP contribution is -2.30. The number of hydrogen-bond donors (Lipinski definition) is 2. The van der Waals surface area contributed by atoms with Crippen LogP contribution < -0.4 is 15.6 Å². The lowest BCUT2D eigenvalue weighted by molar-refractivity contribution is -0.275. The number of alkyl halides is 3. The van der Waals surface area contributed by atoms with E-state index in [4.69, 9.17) is 0 Å². The van der Waals surface area contributed by atoms with Crippen LogP contribution in [0.2, 0.25) is 0 Å². The van der Waals surface area contributed by atoms with Crippen molar-refractivity contribution in [3.05, 3.63) is 93.7 Å². The number of H-pyrrole nitrogens is 1. The Kier molecular flexibility index (Phi) is 5.81. The van der Waals surface area contributed by atoms with Crippen LogP contribution in [0.1, 0.15) is 27.7 Å². The van der Waals surface area contributed by atoms with Gasteiger partial charge in [-0.1, -0.05) is 6.07 Å². The Bertz CT molecular complexity index is 1090. The van der Waals surface area contributed by atoms with Crippen molar-refractivity contribution in [3.63, 3.8) is 0 Å². The van der Waals surface area contributed by atoms with Crippen LogP contribution in [0.3, 0.4) is 0 Å². The molecule has 0 aliphatic carbocycles. The number of hydrogen-bond acceptors (Lipinski definition) is 4. The number of ether oxygens (including phenoxy) is 1. The van der Waals surface area contributed by atoms with E-state index in [-0.39, 0.29) is 16.8 Å². The second-order valence-corrected chi connectivity index (χ2v) is 5.99. The summed E-state index contributed by atoms with van der Waals surface area (Å²) in [6, 6.07) is 6.09. The Morgan fingerprint density at radius 1 is 1.10 bits per heavy atom. The Morgan fingerprint density at radius 3 is 2.43 bits per heavy atom. The first-order valence-corrected chi connectivity index (χ1v) is 8.28. The topological polar surface area (TPSA) is 84.1 Å². The van der Waals surface area contributed by atoms with Crippen LogP contribution in [-0.2, 0) is 0 Å². The first kappa shape index (κ1) is 21.0. The zero-order valence-corrected chi connectivity index (χ0v) is 14.8. The first-order valence-electron chi connectivity index (χ1n) is 8.28. The Labute approximate surface area is 165 Å². The number of carbonyl (C=O) groups is 1. The van der Waals surface area contributed by atoms with Gasteiger partial charge < -0.3 is 15.0 Å². The van der Waals surface area contributed by atoms with Gasteiger partial charge in [-0.05, 0) is 35.9 Å². The van der Waals surface area contributed by atoms with Crippen LogP contribution in [0.25, 0.3) is 0 Å². The quantitative estimate of drug-likeness (QED) is 0.614. The van der Waals surface area contributed by atoms with Crippen molar-refractivity contribution in [2.45, 2.75) is 12.4 Å². The van der Waals surface area contributed by atoms with Gasteiger partial charge in [-0.25, -0.2) is 8.78 Å². The van der Waals surface area contributed by atoms with E-state index in [1.54, 1.807) is 0 Å². The third-order valence-corrected chi connectivity index (χ3v) is 3.88. The van der Waals surface area contributed by atoms with E-state index in [0.717, 1.165) is 42.7 Å². The van der Waals surface area contributed by atoms with Gasteiger partial charge in [0.25, 0.3) is 5.91 Å². The molecule has 0 aliphatic heterocycles. The maximum Gasteiger partial charge on any atom is 0.573 e. The maximum absolute atomic E-state index is 14.2. The van der Waals surface area contributed by atoms with Gasteiger partial charge in [0.2, 0.25) is 5.56 Å². The number of nitrogens with zero attached hydrogens (tertiary/aromatic N) is 1. The minimum Gasteiger partial charge on any atom is -0.403 e. The summed E-state index contributed by atoms with van der Waals surface area (Å²) in [6.45, 7) is 0. The summed E-state index contributed by atoms with van der Waals surface area (Å²) in [5.74, 6) is -3.73. The number of aromatic nitrogens is 2. The molecule has 0 fully saturated rings. The standard InChI is InChI=1S/C19H12F5N3O3/c20-12-3-4-14(25-9-12)17(27-18(29)11-2-6-16(28)26-8-11)10-1-5-15(13(21)7-10)30-19(22,23)24/h1-9,17H,(H,26,28)(H,27,29). The molecule has 0 spiro atoms. The molecule has 0 aliphatic rings. The summed E-state index contributed by atoms with van der Waals surface area (Å²) in [5.41, 5.74) is -0.262. The molecule has 2 aromatic heterocycles. The average Bonchev–Trinajstić information content (AvgIpc) is 2.68. The predicted octanol–water partition coefficient (Wildman–Crippen LogP) is 3.47. The number of amides is 1. The van der Waals surface area contributed by atoms with Crippen LogP contribution in [0, 0.1) is 11.6 Å². The fourth-order valence-corrected chi connectivity index (χ4v) is 2.56. The summed E-state index contributed by atoms with van der Waals surface area (Å²) >= 11 is 0. The lowest BCUT2D eigenvalue weighted by atomic mass is 10.0. The SMILES string of the molecule is O=C(NC(c1ccc(OC(F)(F)F)c(F)c1)c1ccc(F)cn1)c1ccc(=O)[nH]c1. The summed E-state index contributed by atoms with van der Waals surface area (Å²) < 4.78 is 68.0. The number of nitrogens with one attached hydrogen (secondary N) is 2. The molecular formula is C19H12F5N3O3. The molecule has 6 nitrogen and oxygen atoms in total. The average molecular weight is 425 g/mol. The molecule has 30 heavy (non-hydrogen) atoms. The molecule has 1 amide bonds. The van der Waals surface area contributed by atoms with Crippen LogP contribution in [0.15, 0.2) is 59.7 Å². The maximum atomic E-state index is 14.2. The van der Waals surface area contributed by atoms with Crippen LogP contribution in [0.5, 0.6) is 5.75 Å². The van der Waals surface area contributed by atoms with E-state index in [1.165, 1.54) is 12.1 Å². The smallest absolute Gasteiger partial charge is 0.403 e. The molecule has 3 rings (SSSR count). The molecule has 11 heteroatoms. The molecule has 156 valence electrons. The lowest BCUT2D eigenvalue weighted by Gasteiger charge is -2.20. The fraction of sp³-hybridized carbons (Fsp3) is 0.105. The van der Waals surface area contributed by atoms with Gasteiger partial charge in [0.15, 0.2) is 11.6 Å². The van der Waals surface area contributed by atoms with Crippen LogP contribution in [-0.4, -0.2) is 22.2 Å². The van der Waals surface area contributed by atoms with Crippen molar-refractivity contribution >= 4 is 5.91 Å². The van der Waals surface area contributed by atoms with E-state index in [2.05, 4.69) is 20.0 Å². The molecule has 1 aromatic carbocycles. The van der Waals surface area contributed by atoms with Gasteiger partial charge in [-0.2, -0.15) is 0 Å². The molecule has 0 saturated carbocycles. The third-order valence-electron chi connectivity index (χ3n) is 3.88. The zero-order valence-electron chi connectivity index (χ0n) is 14.8. The second kappa shape index (κ2) is 8.31. The largest absolute Gasteiger partial charge is 0.573 e. The molecular weight excluding hydrogens is 413 g/mol. The Morgan fingerprint density at radius 2 is 1.87 bits per heavy atom. The summed E-state index contributed by atoms with van der Waals surface area (Å²) in [6.07, 6.45) is -3.07. The van der Waals surface area contributed by atoms with E-state index < -0.39 is 41.3 Å². The molecule has 0 saturated heterocycles. The van der Waals surface area contributed by atoms with Crippen molar-refractivity contribution in [1.29, 1.82) is 0 Å². The highest BCUT2D eigenvalue weighted by Gasteiger charge is 2.32. The Balaban J connectivity index is 1.96. The molecule has 2 heterocycles. The predicted molar refractivity (Wildman–Crippen MR) is 93.6 cm³/mol. The molecule has 2 N–H and O–H groups in total. The van der Waals surface area contributed by atoms with Crippen molar-refractivity contribution in [2.24, 2.45) is 0 Å². The van der Waals surface area contributed by atoms with Gasteiger partial charge in [0.1, 0.15) is 5.82 Å². The van der Waals surface area contributed by atoms with Crippen molar-refractivity contribution in [3.8, 4) is 5.75 Å². The van der Waals surface area contributed by atoms with E-state index in [1.807, 2.05) is 0 Å². The number of benzene rings is 1. The highest BCUT2D eigenvalue weighted by atomic mass is 19.4. The minimum absolute atomic E-state index is 0.0268. The zero-order chi connectivity index (χ0) is 21.9. The number of carbonyl (C=O) groups excluding carboxylic acids is 1. The summed E-state index contributed by atoms with van der Waals surface area (Å²) in [5, 5.41) is 2.52. The summed E-state index contributed by atoms with van der Waals surface area (Å²) in [4.78, 5) is 29.8. The number of rotatable bonds is 5. The fourth-order valence-electron chi connectivity index (χ4n) is 2.56. The van der Waals surface area contributed by atoms with Crippen molar-refractivity contribution in [2.75, 3.05) is 0 Å². The van der Waals surface area contributed by atoms with Gasteiger partial charge in [0, 0.05) is 12.3 Å². The Hall–Kier alpha value is -3.76. The summed E-state index contributed by atoms with van der Waals surface area (Å²) in [7, 11) is 0. The second-order valence-electron chi connectivity index (χ2n) is 5.99. The van der Waals surface area contributed by atoms with E-state index in [9.17, 15) is 31.5 Å². The molecule has 0 radical (unpaired) electrons. The number of aromatic amines is 1. The van der Waals surface area contributed by atoms with Crippen molar-refractivity contribution in [1.82, 2.24) is 15.3 Å². The first-order chi connectivity index (χ1) is 14.1. The van der Waals surface area contributed by atoms with Crippen LogP contribution >= 0.6 is 0 Å². The monoisotopic (exact) mass is 425 g/mol. The number of halogens is 5. The van der Waals surface area contributed by atoms with Gasteiger partial charge in [-0.3, -0.25) is 14.6 Å². The highest BCUT2D eigenvalue weighted by molar-refractivity contribution is 5.94. The van der Waals surface area contributed by atoms with E-state index >= 15 is 0 Å². The molecule has 1 atom stereocenters. The van der Waals surface area contributed by atoms with Crippen LogP contribution in [0.4, 0.5) is 22.0 Å². The normalized spacial score (nSPS) is 12.3. The highest BCUT2D eigenvalue weighted by Crippen LogP contribution is 2.29. The number of pyridine rings is 2. The minimum atomic E-state index is -5.08. The van der Waals surface area contributed by atoms with Gasteiger partial charge in [0.05, 0.1) is 23.5 Å². The molecule has 3 aromatic rings. The molecule has 0 bridgehead atoms. The van der Waals surface area contributed by atoms with Gasteiger partial charge in [-0.15, -0.1) is 13.2 Å².